The highest BCUT2D eigenvalue weighted by atomic mass is 35.5. The van der Waals surface area contributed by atoms with Crippen LogP contribution in [0.5, 0.6) is 11.5 Å². The minimum atomic E-state index is -0.386. The molecule has 0 bridgehead atoms. The fourth-order valence-electron chi connectivity index (χ4n) is 3.56. The van der Waals surface area contributed by atoms with E-state index in [0.29, 0.717) is 61.6 Å². The highest BCUT2D eigenvalue weighted by Gasteiger charge is 2.40. The molecular formula is C20H28ClNO5. The third kappa shape index (κ3) is 4.68. The molecule has 0 aliphatic carbocycles. The highest BCUT2D eigenvalue weighted by molar-refractivity contribution is 6.32. The van der Waals surface area contributed by atoms with Crippen LogP contribution in [-0.4, -0.2) is 62.5 Å². The normalized spacial score (nSPS) is 22.7. The van der Waals surface area contributed by atoms with Crippen molar-refractivity contribution >= 4 is 17.5 Å². The maximum atomic E-state index is 13.1. The van der Waals surface area contributed by atoms with Crippen LogP contribution in [0.4, 0.5) is 0 Å². The molecule has 150 valence electrons. The lowest BCUT2D eigenvalue weighted by atomic mass is 9.94. The van der Waals surface area contributed by atoms with Crippen molar-refractivity contribution in [1.29, 1.82) is 0 Å². The van der Waals surface area contributed by atoms with Crippen molar-refractivity contribution < 1.29 is 23.7 Å². The molecule has 0 saturated carbocycles. The molecule has 1 aromatic carbocycles. The molecule has 1 unspecified atom stereocenters. The van der Waals surface area contributed by atoms with E-state index >= 15 is 0 Å². The lowest BCUT2D eigenvalue weighted by Gasteiger charge is -2.44. The number of amides is 1. The molecule has 2 fully saturated rings. The predicted octanol–water partition coefficient (Wildman–Crippen LogP) is 3.55. The molecular weight excluding hydrogens is 370 g/mol. The van der Waals surface area contributed by atoms with Crippen molar-refractivity contribution in [2.45, 2.75) is 38.7 Å². The molecule has 0 aromatic heterocycles. The van der Waals surface area contributed by atoms with Gasteiger partial charge in [-0.05, 0) is 38.3 Å². The zero-order chi connectivity index (χ0) is 19.3. The molecule has 2 heterocycles. The van der Waals surface area contributed by atoms with E-state index in [9.17, 15) is 4.79 Å². The first-order valence-corrected chi connectivity index (χ1v) is 10.1. The summed E-state index contributed by atoms with van der Waals surface area (Å²) in [6.45, 7) is 7.80. The lowest BCUT2D eigenvalue weighted by molar-refractivity contribution is -0.160. The van der Waals surface area contributed by atoms with Gasteiger partial charge in [-0.1, -0.05) is 18.5 Å². The number of carbonyl (C=O) groups excluding carboxylic acids is 1. The highest BCUT2D eigenvalue weighted by Crippen LogP contribution is 2.37. The Kier molecular flexibility index (Phi) is 6.84. The van der Waals surface area contributed by atoms with Gasteiger partial charge in [-0.3, -0.25) is 4.79 Å². The molecule has 0 radical (unpaired) electrons. The maximum Gasteiger partial charge on any atom is 0.254 e. The average Bonchev–Trinajstić information content (AvgIpc) is 2.67. The standard InChI is InChI=1S/C20H28ClNO5/c1-3-8-26-18-16(21)11-15(12-17(18)25-4-2)19(23)22-7-10-27-20(13-22)6-5-9-24-14-20/h11-12H,3-10,13-14H2,1-2H3. The van der Waals surface area contributed by atoms with Crippen LogP contribution in [0.15, 0.2) is 12.1 Å². The zero-order valence-electron chi connectivity index (χ0n) is 16.1. The van der Waals surface area contributed by atoms with Gasteiger partial charge in [-0.2, -0.15) is 0 Å². The summed E-state index contributed by atoms with van der Waals surface area (Å²) in [5.41, 5.74) is 0.115. The van der Waals surface area contributed by atoms with Crippen molar-refractivity contribution in [2.75, 3.05) is 46.1 Å². The largest absolute Gasteiger partial charge is 0.490 e. The van der Waals surface area contributed by atoms with Crippen LogP contribution < -0.4 is 9.47 Å². The first-order valence-electron chi connectivity index (χ1n) is 9.68. The van der Waals surface area contributed by atoms with Crippen LogP contribution >= 0.6 is 11.6 Å². The third-order valence-electron chi connectivity index (χ3n) is 4.83. The molecule has 6 nitrogen and oxygen atoms in total. The summed E-state index contributed by atoms with van der Waals surface area (Å²) in [7, 11) is 0. The van der Waals surface area contributed by atoms with Gasteiger partial charge in [0.25, 0.3) is 5.91 Å². The molecule has 7 heteroatoms. The van der Waals surface area contributed by atoms with Crippen molar-refractivity contribution in [1.82, 2.24) is 4.90 Å². The van der Waals surface area contributed by atoms with Gasteiger partial charge in [0.1, 0.15) is 5.60 Å². The summed E-state index contributed by atoms with van der Waals surface area (Å²) in [5.74, 6) is 0.926. The number of benzene rings is 1. The van der Waals surface area contributed by atoms with E-state index in [1.54, 1.807) is 12.1 Å². The van der Waals surface area contributed by atoms with E-state index in [1.165, 1.54) is 0 Å². The van der Waals surface area contributed by atoms with Gasteiger partial charge in [0, 0.05) is 18.7 Å². The van der Waals surface area contributed by atoms with E-state index in [1.807, 2.05) is 18.7 Å². The van der Waals surface area contributed by atoms with Crippen LogP contribution in [0.25, 0.3) is 0 Å². The SMILES string of the molecule is CCCOc1c(Cl)cc(C(=O)N2CCOC3(CCCOC3)C2)cc1OCC. The number of halogens is 1. The number of hydrogen-bond acceptors (Lipinski definition) is 5. The molecule has 2 aliphatic heterocycles. The molecule has 1 atom stereocenters. The van der Waals surface area contributed by atoms with Gasteiger partial charge in [0.2, 0.25) is 0 Å². The molecule has 1 aromatic rings. The predicted molar refractivity (Wildman–Crippen MR) is 103 cm³/mol. The van der Waals surface area contributed by atoms with Crippen molar-refractivity contribution in [3.05, 3.63) is 22.7 Å². The molecule has 2 aliphatic rings. The first kappa shape index (κ1) is 20.2. The molecule has 1 spiro atoms. The maximum absolute atomic E-state index is 13.1. The van der Waals surface area contributed by atoms with E-state index in [2.05, 4.69) is 0 Å². The van der Waals surface area contributed by atoms with Crippen LogP contribution in [0, 0.1) is 0 Å². The van der Waals surface area contributed by atoms with E-state index in [4.69, 9.17) is 30.5 Å². The van der Waals surface area contributed by atoms with Crippen molar-refractivity contribution in [3.63, 3.8) is 0 Å². The van der Waals surface area contributed by atoms with Crippen LogP contribution in [0.1, 0.15) is 43.5 Å². The Morgan fingerprint density at radius 1 is 1.30 bits per heavy atom. The Morgan fingerprint density at radius 2 is 2.15 bits per heavy atom. The topological polar surface area (TPSA) is 57.2 Å². The second-order valence-electron chi connectivity index (χ2n) is 6.98. The van der Waals surface area contributed by atoms with E-state index in [0.717, 1.165) is 25.9 Å². The number of hydrogen-bond donors (Lipinski definition) is 0. The molecule has 27 heavy (non-hydrogen) atoms. The van der Waals surface area contributed by atoms with Crippen molar-refractivity contribution in [3.8, 4) is 11.5 Å². The summed E-state index contributed by atoms with van der Waals surface area (Å²) in [6.07, 6.45) is 2.72. The lowest BCUT2D eigenvalue weighted by Crippen LogP contribution is -2.57. The van der Waals surface area contributed by atoms with Crippen LogP contribution in [0.2, 0.25) is 5.02 Å². The van der Waals surface area contributed by atoms with Gasteiger partial charge >= 0.3 is 0 Å². The Balaban J connectivity index is 1.81. The number of nitrogens with zero attached hydrogens (tertiary/aromatic N) is 1. The van der Waals surface area contributed by atoms with E-state index in [-0.39, 0.29) is 11.5 Å². The Morgan fingerprint density at radius 3 is 2.85 bits per heavy atom. The Hall–Kier alpha value is -1.50. The summed E-state index contributed by atoms with van der Waals surface area (Å²) in [4.78, 5) is 15.0. The number of rotatable bonds is 6. The summed E-state index contributed by atoms with van der Waals surface area (Å²) >= 11 is 6.41. The molecule has 1 amide bonds. The van der Waals surface area contributed by atoms with Gasteiger partial charge < -0.3 is 23.8 Å². The number of morpholine rings is 1. The second kappa shape index (κ2) is 9.13. The average molecular weight is 398 g/mol. The summed E-state index contributed by atoms with van der Waals surface area (Å²) in [5, 5.41) is 0.390. The second-order valence-corrected chi connectivity index (χ2v) is 7.39. The van der Waals surface area contributed by atoms with E-state index < -0.39 is 0 Å². The Labute approximate surface area is 165 Å². The van der Waals surface area contributed by atoms with Crippen LogP contribution in [-0.2, 0) is 9.47 Å². The minimum Gasteiger partial charge on any atom is -0.490 e. The molecule has 0 N–H and O–H groups in total. The number of carbonyl (C=O) groups is 1. The fraction of sp³-hybridized carbons (Fsp3) is 0.650. The van der Waals surface area contributed by atoms with Crippen LogP contribution in [0.3, 0.4) is 0 Å². The number of ether oxygens (including phenoxy) is 4. The third-order valence-corrected chi connectivity index (χ3v) is 5.11. The summed E-state index contributed by atoms with van der Waals surface area (Å²) < 4.78 is 23.0. The minimum absolute atomic E-state index is 0.0758. The van der Waals surface area contributed by atoms with Gasteiger partial charge in [0.15, 0.2) is 11.5 Å². The quantitative estimate of drug-likeness (QED) is 0.734. The van der Waals surface area contributed by atoms with Crippen molar-refractivity contribution in [2.24, 2.45) is 0 Å². The Bertz CT molecular complexity index is 655. The molecule has 2 saturated heterocycles. The zero-order valence-corrected chi connectivity index (χ0v) is 16.8. The first-order chi connectivity index (χ1) is 13.1. The van der Waals surface area contributed by atoms with Gasteiger partial charge in [-0.15, -0.1) is 0 Å². The van der Waals surface area contributed by atoms with Gasteiger partial charge in [0.05, 0.1) is 38.0 Å². The smallest absolute Gasteiger partial charge is 0.254 e. The fourth-order valence-corrected chi connectivity index (χ4v) is 3.83. The molecule has 3 rings (SSSR count). The monoisotopic (exact) mass is 397 g/mol. The van der Waals surface area contributed by atoms with Gasteiger partial charge in [-0.25, -0.2) is 0 Å². The summed E-state index contributed by atoms with van der Waals surface area (Å²) in [6, 6.07) is 3.39.